The van der Waals surface area contributed by atoms with E-state index < -0.39 is 0 Å². The molecule has 1 fully saturated rings. The van der Waals surface area contributed by atoms with Crippen molar-refractivity contribution in [1.29, 1.82) is 0 Å². The summed E-state index contributed by atoms with van der Waals surface area (Å²) in [4.78, 5) is 13.6. The second-order valence-corrected chi connectivity index (χ2v) is 6.27. The van der Waals surface area contributed by atoms with Crippen LogP contribution in [0.5, 0.6) is 0 Å². The molecule has 138 valence electrons. The summed E-state index contributed by atoms with van der Waals surface area (Å²) >= 11 is 5.34. The van der Waals surface area contributed by atoms with Crippen LogP contribution in [0.2, 0.25) is 0 Å². The van der Waals surface area contributed by atoms with Crippen molar-refractivity contribution >= 4 is 52.6 Å². The van der Waals surface area contributed by atoms with Crippen molar-refractivity contribution in [1.82, 2.24) is 0 Å². The van der Waals surface area contributed by atoms with Crippen molar-refractivity contribution in [2.45, 2.75) is 6.92 Å². The Morgan fingerprint density at radius 1 is 0.962 bits per heavy atom. The van der Waals surface area contributed by atoms with Gasteiger partial charge in [-0.05, 0) is 67.7 Å². The van der Waals surface area contributed by atoms with Crippen molar-refractivity contribution in [3.8, 4) is 0 Å². The predicted molar refractivity (Wildman–Crippen MR) is 113 cm³/mol. The normalized spacial score (nSPS) is 13.5. The van der Waals surface area contributed by atoms with Gasteiger partial charge in [-0.25, -0.2) is 0 Å². The molecule has 1 aliphatic heterocycles. The molecular formula is C19H22ClN3O2S. The zero-order valence-electron chi connectivity index (χ0n) is 14.5. The number of ether oxygens (including phenoxy) is 1. The van der Waals surface area contributed by atoms with E-state index in [9.17, 15) is 4.79 Å². The van der Waals surface area contributed by atoms with Gasteiger partial charge in [-0.1, -0.05) is 0 Å². The molecule has 0 aliphatic carbocycles. The molecule has 0 saturated carbocycles. The molecule has 1 heterocycles. The number of hydrogen-bond acceptors (Lipinski definition) is 4. The molecule has 5 nitrogen and oxygen atoms in total. The standard InChI is InChI=1S/C19H21N3O2S.ClH/c1-14(23)15-2-4-16(5-3-15)20-19(25)21-17-6-8-18(9-7-17)22-10-12-24-13-11-22;/h2-9H,10-13H2,1H3,(H2,20,21,25);1H. The molecule has 0 radical (unpaired) electrons. The van der Waals surface area contributed by atoms with Crippen LogP contribution in [-0.2, 0) is 4.74 Å². The van der Waals surface area contributed by atoms with E-state index in [0.717, 1.165) is 37.7 Å². The van der Waals surface area contributed by atoms with E-state index in [2.05, 4.69) is 27.7 Å². The summed E-state index contributed by atoms with van der Waals surface area (Å²) in [5.74, 6) is 0.0487. The number of nitrogens with zero attached hydrogens (tertiary/aromatic N) is 1. The van der Waals surface area contributed by atoms with E-state index in [1.165, 1.54) is 5.69 Å². The lowest BCUT2D eigenvalue weighted by Gasteiger charge is -2.29. The maximum atomic E-state index is 11.3. The van der Waals surface area contributed by atoms with Crippen LogP contribution in [0.25, 0.3) is 0 Å². The van der Waals surface area contributed by atoms with Crippen LogP contribution in [0.3, 0.4) is 0 Å². The highest BCUT2D eigenvalue weighted by Gasteiger charge is 2.10. The number of benzene rings is 2. The summed E-state index contributed by atoms with van der Waals surface area (Å²) in [6.07, 6.45) is 0. The zero-order valence-corrected chi connectivity index (χ0v) is 16.2. The van der Waals surface area contributed by atoms with Crippen molar-refractivity contribution in [3.05, 3.63) is 54.1 Å². The van der Waals surface area contributed by atoms with Gasteiger partial charge in [-0.3, -0.25) is 4.79 Å². The summed E-state index contributed by atoms with van der Waals surface area (Å²) in [7, 11) is 0. The summed E-state index contributed by atoms with van der Waals surface area (Å²) in [6.45, 7) is 4.94. The van der Waals surface area contributed by atoms with Gasteiger partial charge in [-0.15, -0.1) is 12.4 Å². The van der Waals surface area contributed by atoms with Crippen LogP contribution < -0.4 is 15.5 Å². The van der Waals surface area contributed by atoms with Gasteiger partial charge in [-0.2, -0.15) is 0 Å². The molecule has 1 aliphatic rings. The van der Waals surface area contributed by atoms with Gasteiger partial charge in [0.25, 0.3) is 0 Å². The second-order valence-electron chi connectivity index (χ2n) is 5.86. The summed E-state index contributed by atoms with van der Waals surface area (Å²) in [6, 6.07) is 15.4. The number of nitrogens with one attached hydrogen (secondary N) is 2. The molecule has 0 spiro atoms. The Labute approximate surface area is 165 Å². The summed E-state index contributed by atoms with van der Waals surface area (Å²) in [5.41, 5.74) is 3.64. The van der Waals surface area contributed by atoms with Gasteiger partial charge in [0.15, 0.2) is 10.9 Å². The Bertz CT molecular complexity index is 744. The van der Waals surface area contributed by atoms with Crippen molar-refractivity contribution in [2.75, 3.05) is 41.8 Å². The molecule has 7 heteroatoms. The molecule has 2 N–H and O–H groups in total. The summed E-state index contributed by atoms with van der Waals surface area (Å²) < 4.78 is 5.38. The topological polar surface area (TPSA) is 53.6 Å². The van der Waals surface area contributed by atoms with E-state index in [4.69, 9.17) is 17.0 Å². The summed E-state index contributed by atoms with van der Waals surface area (Å²) in [5, 5.41) is 6.79. The highest BCUT2D eigenvalue weighted by atomic mass is 35.5. The number of ketones is 1. The van der Waals surface area contributed by atoms with Crippen LogP contribution in [0.4, 0.5) is 17.1 Å². The van der Waals surface area contributed by atoms with Crippen LogP contribution in [0.1, 0.15) is 17.3 Å². The number of carbonyl (C=O) groups excluding carboxylic acids is 1. The monoisotopic (exact) mass is 391 g/mol. The minimum absolute atomic E-state index is 0. The van der Waals surface area contributed by atoms with Crippen LogP contribution >= 0.6 is 24.6 Å². The first kappa shape index (κ1) is 20.2. The Morgan fingerprint density at radius 3 is 1.96 bits per heavy atom. The molecule has 0 unspecified atom stereocenters. The lowest BCUT2D eigenvalue weighted by Crippen LogP contribution is -2.36. The van der Waals surface area contributed by atoms with Crippen molar-refractivity contribution in [3.63, 3.8) is 0 Å². The predicted octanol–water partition coefficient (Wildman–Crippen LogP) is 3.96. The molecule has 3 rings (SSSR count). The van der Waals surface area contributed by atoms with Gasteiger partial charge < -0.3 is 20.3 Å². The molecule has 0 aromatic heterocycles. The zero-order chi connectivity index (χ0) is 17.6. The van der Waals surface area contributed by atoms with Crippen LogP contribution in [0, 0.1) is 0 Å². The first-order chi connectivity index (χ1) is 12.1. The van der Waals surface area contributed by atoms with Crippen molar-refractivity contribution < 1.29 is 9.53 Å². The smallest absolute Gasteiger partial charge is 0.175 e. The van der Waals surface area contributed by atoms with Gasteiger partial charge in [0.05, 0.1) is 13.2 Å². The molecule has 1 saturated heterocycles. The lowest BCUT2D eigenvalue weighted by molar-refractivity contribution is 0.101. The highest BCUT2D eigenvalue weighted by molar-refractivity contribution is 7.80. The first-order valence-electron chi connectivity index (χ1n) is 8.23. The Balaban J connectivity index is 0.00000243. The fourth-order valence-electron chi connectivity index (χ4n) is 2.66. The van der Waals surface area contributed by atoms with E-state index in [0.29, 0.717) is 10.7 Å². The van der Waals surface area contributed by atoms with Gasteiger partial charge in [0.2, 0.25) is 0 Å². The molecule has 0 amide bonds. The molecule has 26 heavy (non-hydrogen) atoms. The second kappa shape index (κ2) is 9.52. The molecule has 2 aromatic rings. The fraction of sp³-hybridized carbons (Fsp3) is 0.263. The SMILES string of the molecule is CC(=O)c1ccc(NC(=S)Nc2ccc(N3CCOCC3)cc2)cc1.Cl. The fourth-order valence-corrected chi connectivity index (χ4v) is 2.89. The average Bonchev–Trinajstić information content (AvgIpc) is 2.63. The Kier molecular flexibility index (Phi) is 7.38. The van der Waals surface area contributed by atoms with E-state index in [1.54, 1.807) is 19.1 Å². The lowest BCUT2D eigenvalue weighted by atomic mass is 10.1. The van der Waals surface area contributed by atoms with Gasteiger partial charge in [0.1, 0.15) is 0 Å². The Hall–Kier alpha value is -2.15. The third-order valence-electron chi connectivity index (χ3n) is 4.05. The molecule has 2 aromatic carbocycles. The maximum absolute atomic E-state index is 11.3. The molecular weight excluding hydrogens is 370 g/mol. The van der Waals surface area contributed by atoms with Crippen molar-refractivity contribution in [2.24, 2.45) is 0 Å². The van der Waals surface area contributed by atoms with E-state index >= 15 is 0 Å². The maximum Gasteiger partial charge on any atom is 0.175 e. The van der Waals surface area contributed by atoms with Crippen LogP contribution in [0.15, 0.2) is 48.5 Å². The number of carbonyl (C=O) groups is 1. The quantitative estimate of drug-likeness (QED) is 0.607. The molecule has 0 atom stereocenters. The minimum Gasteiger partial charge on any atom is -0.378 e. The number of anilines is 3. The Morgan fingerprint density at radius 2 is 1.46 bits per heavy atom. The number of hydrogen-bond donors (Lipinski definition) is 2. The van der Waals surface area contributed by atoms with E-state index in [1.807, 2.05) is 24.3 Å². The number of thiocarbonyl (C=S) groups is 1. The third kappa shape index (κ3) is 5.42. The highest BCUT2D eigenvalue weighted by Crippen LogP contribution is 2.19. The van der Waals surface area contributed by atoms with Gasteiger partial charge in [0, 0.05) is 35.7 Å². The average molecular weight is 392 g/mol. The minimum atomic E-state index is 0. The third-order valence-corrected chi connectivity index (χ3v) is 4.25. The first-order valence-corrected chi connectivity index (χ1v) is 8.64. The van der Waals surface area contributed by atoms with Gasteiger partial charge >= 0.3 is 0 Å². The molecule has 0 bridgehead atoms. The largest absolute Gasteiger partial charge is 0.378 e. The number of halogens is 1. The number of morpholine rings is 1. The van der Waals surface area contributed by atoms with Crippen LogP contribution in [-0.4, -0.2) is 37.2 Å². The van der Waals surface area contributed by atoms with E-state index in [-0.39, 0.29) is 18.2 Å². The number of rotatable bonds is 4. The number of Topliss-reactive ketones (excluding diaryl/α,β-unsaturated/α-hetero) is 1.